The average Bonchev–Trinajstić information content (AvgIpc) is 4.03. The molecule has 0 heterocycles. The molecule has 2 saturated carbocycles. The van der Waals surface area contributed by atoms with Gasteiger partial charge in [-0.05, 0) is 85.6 Å². The van der Waals surface area contributed by atoms with Gasteiger partial charge in [-0.1, -0.05) is 61.7 Å². The molecular weight excluding hydrogens is 831 g/mol. The molecule has 0 aromatic heterocycles. The van der Waals surface area contributed by atoms with Crippen LogP contribution in [0.1, 0.15) is 84.9 Å². The second-order valence-electron chi connectivity index (χ2n) is 13.9. The Bertz CT molecular complexity index is 1930. The summed E-state index contributed by atoms with van der Waals surface area (Å²) < 4.78 is 55.0. The zero-order valence-corrected chi connectivity index (χ0v) is 35.5. The van der Waals surface area contributed by atoms with Gasteiger partial charge in [-0.3, -0.25) is 9.59 Å². The standard InChI is InChI=1S/2C19H17ClF2NO.2C5H5.Ti/c2*20-14-8-6-13(7-9-14)19(24)23(16-4-2-1-3-5-16)18-11-10-15(21)12-17(18)22;2*1-2-4-5-3-1;/h2*6-11,16H,1-5H2;2*1-5H;/q4*-1;+4. The Morgan fingerprint density at radius 1 is 0.508 bits per heavy atom. The topological polar surface area (TPSA) is 40.6 Å². The quantitative estimate of drug-likeness (QED) is 0.0950. The van der Waals surface area contributed by atoms with Gasteiger partial charge in [0.1, 0.15) is 0 Å². The van der Waals surface area contributed by atoms with Crippen LogP contribution in [0.2, 0.25) is 10.0 Å². The number of rotatable bonds is 6. The Balaban J connectivity index is 0.000000207. The van der Waals surface area contributed by atoms with Crippen molar-refractivity contribution in [2.24, 2.45) is 0 Å². The fourth-order valence-corrected chi connectivity index (χ4v) is 7.22. The summed E-state index contributed by atoms with van der Waals surface area (Å²) in [6.45, 7) is 0. The van der Waals surface area contributed by atoms with Crippen molar-refractivity contribution in [1.29, 1.82) is 0 Å². The first-order valence-electron chi connectivity index (χ1n) is 19.4. The molecule has 2 amide bonds. The van der Waals surface area contributed by atoms with Gasteiger partial charge in [-0.25, -0.2) is 41.8 Å². The minimum Gasteiger partial charge on any atom is -0.357 e. The van der Waals surface area contributed by atoms with Crippen LogP contribution in [0, 0.1) is 35.4 Å². The number of benzene rings is 4. The van der Waals surface area contributed by atoms with Crippen molar-refractivity contribution >= 4 is 46.4 Å². The van der Waals surface area contributed by atoms with E-state index in [2.05, 4.69) is 0 Å². The van der Waals surface area contributed by atoms with E-state index in [1.54, 1.807) is 48.5 Å². The van der Waals surface area contributed by atoms with E-state index in [1.807, 2.05) is 72.8 Å². The summed E-state index contributed by atoms with van der Waals surface area (Å²) in [5.74, 6) is -3.86. The van der Waals surface area contributed by atoms with Gasteiger partial charge in [0.25, 0.3) is 0 Å². The van der Waals surface area contributed by atoms with Gasteiger partial charge in [0.15, 0.2) is 0 Å². The van der Waals surface area contributed by atoms with Crippen LogP contribution in [0.4, 0.5) is 28.9 Å². The minimum atomic E-state index is -0.845. The molecule has 59 heavy (non-hydrogen) atoms. The SMILES string of the molecule is O=C(c1ccc(Cl)cc1)N(c1ccc(F)[c-]c1F)C1CCCCC1.O=C(c1ccc(Cl)cc1)N(c1ccc(F)[c-]c1F)C1CCCCC1.[Ti+4].c1cc[cH-]c1.c1cc[cH-]c1. The normalized spacial score (nSPS) is 13.8. The van der Waals surface area contributed by atoms with E-state index in [0.29, 0.717) is 21.2 Å². The number of hydrogen-bond donors (Lipinski definition) is 0. The number of hydrogen-bond acceptors (Lipinski definition) is 2. The molecule has 0 saturated heterocycles. The molecule has 4 nitrogen and oxygen atoms in total. The third kappa shape index (κ3) is 14.4. The molecule has 2 aliphatic carbocycles. The van der Waals surface area contributed by atoms with Gasteiger partial charge in [-0.15, -0.1) is 36.4 Å². The Labute approximate surface area is 369 Å². The average molecular weight is 876 g/mol. The van der Waals surface area contributed by atoms with Crippen LogP contribution in [0.25, 0.3) is 0 Å². The molecule has 0 bridgehead atoms. The summed E-state index contributed by atoms with van der Waals surface area (Å²) in [4.78, 5) is 28.9. The molecule has 0 spiro atoms. The van der Waals surface area contributed by atoms with Crippen LogP contribution in [-0.2, 0) is 21.7 Å². The van der Waals surface area contributed by atoms with Crippen molar-refractivity contribution in [1.82, 2.24) is 0 Å². The van der Waals surface area contributed by atoms with Gasteiger partial charge in [0.05, 0.1) is 0 Å². The molecule has 304 valence electrons. The molecule has 0 aliphatic heterocycles. The number of anilines is 2. The first-order chi connectivity index (χ1) is 28.1. The number of nitrogens with zero attached hydrogens (tertiary/aromatic N) is 2. The maximum atomic E-state index is 14.3. The van der Waals surface area contributed by atoms with Gasteiger partial charge >= 0.3 is 21.7 Å². The summed E-state index contributed by atoms with van der Waals surface area (Å²) >= 11 is 11.7. The van der Waals surface area contributed by atoms with E-state index in [-0.39, 0.29) is 57.0 Å². The fourth-order valence-electron chi connectivity index (χ4n) is 6.97. The number of amides is 2. The summed E-state index contributed by atoms with van der Waals surface area (Å²) in [6, 6.07) is 41.7. The monoisotopic (exact) mass is 874 g/mol. The van der Waals surface area contributed by atoms with Crippen LogP contribution in [-0.4, -0.2) is 23.9 Å². The molecule has 0 atom stereocenters. The Morgan fingerprint density at radius 3 is 1.10 bits per heavy atom. The molecule has 6 aromatic rings. The maximum Gasteiger partial charge on any atom is 4.00 e. The van der Waals surface area contributed by atoms with Crippen molar-refractivity contribution in [2.75, 3.05) is 9.80 Å². The summed E-state index contributed by atoms with van der Waals surface area (Å²) in [6.07, 6.45) is 9.37. The van der Waals surface area contributed by atoms with Gasteiger partial charge in [0, 0.05) is 56.5 Å². The van der Waals surface area contributed by atoms with E-state index >= 15 is 0 Å². The predicted molar refractivity (Wildman–Crippen MR) is 225 cm³/mol. The van der Waals surface area contributed by atoms with E-state index in [0.717, 1.165) is 76.3 Å². The van der Waals surface area contributed by atoms with Gasteiger partial charge < -0.3 is 9.80 Å². The maximum absolute atomic E-state index is 14.3. The van der Waals surface area contributed by atoms with Gasteiger partial charge in [0.2, 0.25) is 11.8 Å². The smallest absolute Gasteiger partial charge is 0.357 e. The summed E-state index contributed by atoms with van der Waals surface area (Å²) in [7, 11) is 0. The molecular formula is C48H44Cl2F4N2O2Ti. The minimum absolute atomic E-state index is 0. The predicted octanol–water partition coefficient (Wildman–Crippen LogP) is 13.6. The first kappa shape index (κ1) is 47.2. The number of carbonyl (C=O) groups is 2. The molecule has 11 heteroatoms. The molecule has 0 radical (unpaired) electrons. The molecule has 2 fully saturated rings. The Morgan fingerprint density at radius 2 is 0.831 bits per heavy atom. The van der Waals surface area contributed by atoms with Crippen molar-refractivity contribution in [3.8, 4) is 0 Å². The zero-order valence-electron chi connectivity index (χ0n) is 32.4. The second-order valence-corrected chi connectivity index (χ2v) is 14.8. The number of halogens is 6. The number of carbonyl (C=O) groups excluding carboxylic acids is 2. The Hall–Kier alpha value is -4.47. The van der Waals surface area contributed by atoms with Crippen LogP contribution in [0.3, 0.4) is 0 Å². The van der Waals surface area contributed by atoms with E-state index in [4.69, 9.17) is 23.2 Å². The molecule has 2 aliphatic rings. The largest absolute Gasteiger partial charge is 4.00 e. The molecule has 0 unspecified atom stereocenters. The molecule has 8 rings (SSSR count). The third-order valence-corrected chi connectivity index (χ3v) is 10.3. The Kier molecular flexibility index (Phi) is 19.7. The second kappa shape index (κ2) is 24.6. The van der Waals surface area contributed by atoms with Crippen molar-refractivity contribution in [3.63, 3.8) is 0 Å². The van der Waals surface area contributed by atoms with E-state index in [1.165, 1.54) is 21.9 Å². The van der Waals surface area contributed by atoms with E-state index < -0.39 is 23.3 Å². The van der Waals surface area contributed by atoms with Crippen molar-refractivity contribution < 1.29 is 48.9 Å². The molecule has 0 N–H and O–H groups in total. The summed E-state index contributed by atoms with van der Waals surface area (Å²) in [5.41, 5.74) is 0.994. The van der Waals surface area contributed by atoms with Crippen LogP contribution >= 0.6 is 23.2 Å². The summed E-state index contributed by atoms with van der Waals surface area (Å²) in [5, 5.41) is 1.05. The van der Waals surface area contributed by atoms with Crippen molar-refractivity contribution in [2.45, 2.75) is 76.3 Å². The van der Waals surface area contributed by atoms with Crippen LogP contribution < -0.4 is 9.80 Å². The third-order valence-electron chi connectivity index (χ3n) is 9.81. The van der Waals surface area contributed by atoms with Crippen LogP contribution in [0.5, 0.6) is 0 Å². The first-order valence-corrected chi connectivity index (χ1v) is 20.1. The molecule has 6 aromatic carbocycles. The van der Waals surface area contributed by atoms with Gasteiger partial charge in [-0.2, -0.15) is 36.4 Å². The van der Waals surface area contributed by atoms with Crippen LogP contribution in [0.15, 0.2) is 133 Å². The fraction of sp³-hybridized carbons (Fsp3) is 0.250. The van der Waals surface area contributed by atoms with E-state index in [9.17, 15) is 27.2 Å². The van der Waals surface area contributed by atoms with Crippen molar-refractivity contribution in [3.05, 3.63) is 190 Å². The zero-order chi connectivity index (χ0) is 41.3.